The normalized spacial score (nSPS) is 25.4. The largest absolute Gasteiger partial charge is 0.481 e. The summed E-state index contributed by atoms with van der Waals surface area (Å²) in [5.41, 5.74) is 0.222. The second-order valence-electron chi connectivity index (χ2n) is 6.68. The number of aliphatic carboxylic acids is 1. The van der Waals surface area contributed by atoms with E-state index in [4.69, 9.17) is 5.11 Å². The van der Waals surface area contributed by atoms with Crippen LogP contribution in [0.4, 0.5) is 0 Å². The van der Waals surface area contributed by atoms with Crippen molar-refractivity contribution >= 4 is 5.97 Å². The van der Waals surface area contributed by atoms with Gasteiger partial charge < -0.3 is 15.3 Å². The molecule has 0 amide bonds. The Morgan fingerprint density at radius 3 is 2.61 bits per heavy atom. The average Bonchev–Trinajstić information content (AvgIpc) is 2.25. The van der Waals surface area contributed by atoms with Gasteiger partial charge in [-0.15, -0.1) is 0 Å². The van der Waals surface area contributed by atoms with E-state index in [1.165, 1.54) is 0 Å². The Kier molecular flexibility index (Phi) is 5.60. The first kappa shape index (κ1) is 15.4. The monoisotopic (exact) mass is 256 g/mol. The minimum Gasteiger partial charge on any atom is -0.481 e. The van der Waals surface area contributed by atoms with Gasteiger partial charge in [-0.3, -0.25) is 4.79 Å². The highest BCUT2D eigenvalue weighted by Gasteiger charge is 2.28. The summed E-state index contributed by atoms with van der Waals surface area (Å²) in [7, 11) is 4.17. The molecule has 0 spiro atoms. The lowest BCUT2D eigenvalue weighted by atomic mass is 9.84. The smallest absolute Gasteiger partial charge is 0.306 e. The fourth-order valence-electron chi connectivity index (χ4n) is 2.93. The Morgan fingerprint density at radius 2 is 2.06 bits per heavy atom. The zero-order valence-corrected chi connectivity index (χ0v) is 12.2. The quantitative estimate of drug-likeness (QED) is 0.761. The first-order valence-electron chi connectivity index (χ1n) is 6.91. The topological polar surface area (TPSA) is 52.6 Å². The Labute approximate surface area is 111 Å². The highest BCUT2D eigenvalue weighted by atomic mass is 16.4. The van der Waals surface area contributed by atoms with Gasteiger partial charge in [-0.05, 0) is 38.8 Å². The van der Waals surface area contributed by atoms with Gasteiger partial charge >= 0.3 is 5.97 Å². The molecule has 1 saturated carbocycles. The van der Waals surface area contributed by atoms with Crippen molar-refractivity contribution in [2.45, 2.75) is 45.6 Å². The third-order valence-corrected chi connectivity index (χ3v) is 3.64. The lowest BCUT2D eigenvalue weighted by Gasteiger charge is -2.33. The molecule has 2 N–H and O–H groups in total. The van der Waals surface area contributed by atoms with Gasteiger partial charge in [0.15, 0.2) is 0 Å². The second-order valence-corrected chi connectivity index (χ2v) is 6.68. The summed E-state index contributed by atoms with van der Waals surface area (Å²) < 4.78 is 0. The van der Waals surface area contributed by atoms with Crippen molar-refractivity contribution < 1.29 is 9.90 Å². The zero-order valence-electron chi connectivity index (χ0n) is 12.2. The van der Waals surface area contributed by atoms with E-state index in [2.05, 4.69) is 38.2 Å². The number of nitrogens with one attached hydrogen (secondary N) is 1. The summed E-state index contributed by atoms with van der Waals surface area (Å²) >= 11 is 0. The lowest BCUT2D eigenvalue weighted by Crippen LogP contribution is -2.44. The van der Waals surface area contributed by atoms with Gasteiger partial charge in [-0.2, -0.15) is 0 Å². The van der Waals surface area contributed by atoms with Gasteiger partial charge in [-0.1, -0.05) is 20.3 Å². The zero-order chi connectivity index (χ0) is 13.8. The van der Waals surface area contributed by atoms with Crippen LogP contribution in [0.3, 0.4) is 0 Å². The van der Waals surface area contributed by atoms with E-state index < -0.39 is 5.97 Å². The minimum absolute atomic E-state index is 0.145. The summed E-state index contributed by atoms with van der Waals surface area (Å²) in [6, 6.07) is 0.376. The molecule has 0 heterocycles. The summed E-state index contributed by atoms with van der Waals surface area (Å²) in [5.74, 6) is -0.776. The van der Waals surface area contributed by atoms with Crippen molar-refractivity contribution in [3.8, 4) is 0 Å². The Balaban J connectivity index is 2.36. The van der Waals surface area contributed by atoms with Gasteiger partial charge in [-0.25, -0.2) is 0 Å². The molecule has 0 saturated heterocycles. The highest BCUT2D eigenvalue weighted by Crippen LogP contribution is 2.25. The second kappa shape index (κ2) is 6.53. The van der Waals surface area contributed by atoms with Crippen LogP contribution in [0.1, 0.15) is 39.5 Å². The number of carbonyl (C=O) groups is 1. The summed E-state index contributed by atoms with van der Waals surface area (Å²) in [4.78, 5) is 13.2. The molecule has 0 radical (unpaired) electrons. The third kappa shape index (κ3) is 5.36. The molecule has 18 heavy (non-hydrogen) atoms. The lowest BCUT2D eigenvalue weighted by molar-refractivity contribution is -0.143. The van der Waals surface area contributed by atoms with Crippen LogP contribution in [0, 0.1) is 11.3 Å². The molecule has 1 aliphatic carbocycles. The van der Waals surface area contributed by atoms with Crippen LogP contribution in [-0.4, -0.2) is 49.2 Å². The third-order valence-electron chi connectivity index (χ3n) is 3.64. The maximum absolute atomic E-state index is 11.0. The van der Waals surface area contributed by atoms with Crippen molar-refractivity contribution in [3.63, 3.8) is 0 Å². The first-order chi connectivity index (χ1) is 8.30. The SMILES string of the molecule is CN(C)CC(C)(C)CNC1CCCC(C(=O)O)C1. The summed E-state index contributed by atoms with van der Waals surface area (Å²) in [5, 5.41) is 12.6. The summed E-state index contributed by atoms with van der Waals surface area (Å²) in [6.07, 6.45) is 3.77. The number of rotatable bonds is 6. The number of carboxylic acids is 1. The molecule has 0 bridgehead atoms. The van der Waals surface area contributed by atoms with Crippen molar-refractivity contribution in [2.24, 2.45) is 11.3 Å². The Morgan fingerprint density at radius 1 is 1.39 bits per heavy atom. The van der Waals surface area contributed by atoms with Crippen molar-refractivity contribution in [3.05, 3.63) is 0 Å². The fourth-order valence-corrected chi connectivity index (χ4v) is 2.93. The van der Waals surface area contributed by atoms with Crippen LogP contribution in [0.2, 0.25) is 0 Å². The molecule has 4 heteroatoms. The van der Waals surface area contributed by atoms with Gasteiger partial charge in [0.2, 0.25) is 0 Å². The standard InChI is InChI=1S/C14H28N2O2/c1-14(2,10-16(3)4)9-15-12-7-5-6-11(8-12)13(17)18/h11-12,15H,5-10H2,1-4H3,(H,17,18). The van der Waals surface area contributed by atoms with Crippen molar-refractivity contribution in [1.82, 2.24) is 10.2 Å². The molecule has 0 aromatic carbocycles. The van der Waals surface area contributed by atoms with Crippen LogP contribution in [-0.2, 0) is 4.79 Å². The molecule has 2 unspecified atom stereocenters. The van der Waals surface area contributed by atoms with Crippen molar-refractivity contribution in [1.29, 1.82) is 0 Å². The van der Waals surface area contributed by atoms with E-state index in [-0.39, 0.29) is 11.3 Å². The number of carboxylic acid groups (broad SMARTS) is 1. The van der Waals surface area contributed by atoms with E-state index in [9.17, 15) is 4.79 Å². The van der Waals surface area contributed by atoms with E-state index in [0.29, 0.717) is 6.04 Å². The van der Waals surface area contributed by atoms with Crippen LogP contribution >= 0.6 is 0 Å². The van der Waals surface area contributed by atoms with E-state index in [0.717, 1.165) is 38.8 Å². The van der Waals surface area contributed by atoms with E-state index >= 15 is 0 Å². The van der Waals surface area contributed by atoms with Gasteiger partial charge in [0, 0.05) is 19.1 Å². The van der Waals surface area contributed by atoms with E-state index in [1.54, 1.807) is 0 Å². The molecule has 106 valence electrons. The number of hydrogen-bond acceptors (Lipinski definition) is 3. The molecule has 0 aliphatic heterocycles. The van der Waals surface area contributed by atoms with Crippen molar-refractivity contribution in [2.75, 3.05) is 27.2 Å². The molecular formula is C14H28N2O2. The highest BCUT2D eigenvalue weighted by molar-refractivity contribution is 5.70. The molecule has 4 nitrogen and oxygen atoms in total. The Hall–Kier alpha value is -0.610. The maximum Gasteiger partial charge on any atom is 0.306 e. The van der Waals surface area contributed by atoms with Gasteiger partial charge in [0.25, 0.3) is 0 Å². The molecule has 1 aliphatic rings. The maximum atomic E-state index is 11.0. The predicted octanol–water partition coefficient (Wildman–Crippen LogP) is 1.81. The fraction of sp³-hybridized carbons (Fsp3) is 0.929. The van der Waals surface area contributed by atoms with Crippen LogP contribution < -0.4 is 5.32 Å². The average molecular weight is 256 g/mol. The molecule has 1 fully saturated rings. The molecule has 1 rings (SSSR count). The molecule has 0 aromatic heterocycles. The van der Waals surface area contributed by atoms with Gasteiger partial charge in [0.1, 0.15) is 0 Å². The van der Waals surface area contributed by atoms with Crippen LogP contribution in [0.15, 0.2) is 0 Å². The molecule has 2 atom stereocenters. The first-order valence-corrected chi connectivity index (χ1v) is 6.91. The Bertz CT molecular complexity index is 277. The number of hydrogen-bond donors (Lipinski definition) is 2. The molecule has 0 aromatic rings. The van der Waals surface area contributed by atoms with Crippen LogP contribution in [0.5, 0.6) is 0 Å². The van der Waals surface area contributed by atoms with Gasteiger partial charge in [0.05, 0.1) is 5.92 Å². The minimum atomic E-state index is -0.631. The van der Waals surface area contributed by atoms with Crippen LogP contribution in [0.25, 0.3) is 0 Å². The summed E-state index contributed by atoms with van der Waals surface area (Å²) in [6.45, 7) is 6.48. The predicted molar refractivity (Wildman–Crippen MR) is 73.7 cm³/mol. The molecular weight excluding hydrogens is 228 g/mol. The van der Waals surface area contributed by atoms with E-state index in [1.807, 2.05) is 0 Å². The number of nitrogens with zero attached hydrogens (tertiary/aromatic N) is 1.